The van der Waals surface area contributed by atoms with Gasteiger partial charge in [-0.25, -0.2) is 8.42 Å². The molecule has 25 heavy (non-hydrogen) atoms. The first kappa shape index (κ1) is 21.9. The molecule has 6 nitrogen and oxygen atoms in total. The van der Waals surface area contributed by atoms with Gasteiger partial charge >= 0.3 is 0 Å². The Morgan fingerprint density at radius 3 is 2.44 bits per heavy atom. The number of aryl methyl sites for hydroxylation is 1. The van der Waals surface area contributed by atoms with E-state index in [4.69, 9.17) is 0 Å². The van der Waals surface area contributed by atoms with Crippen molar-refractivity contribution >= 4 is 34.0 Å². The minimum Gasteiger partial charge on any atom is -0.326 e. The molecule has 0 aliphatic carbocycles. The van der Waals surface area contributed by atoms with Crippen molar-refractivity contribution in [1.29, 1.82) is 0 Å². The lowest BCUT2D eigenvalue weighted by molar-refractivity contribution is -0.119. The predicted octanol–water partition coefficient (Wildman–Crippen LogP) is 2.30. The summed E-state index contributed by atoms with van der Waals surface area (Å²) in [5.41, 5.74) is 2.33. The van der Waals surface area contributed by atoms with Crippen molar-refractivity contribution < 1.29 is 13.2 Å². The van der Waals surface area contributed by atoms with Crippen LogP contribution in [0.5, 0.6) is 0 Å². The lowest BCUT2D eigenvalue weighted by Crippen LogP contribution is -2.31. The van der Waals surface area contributed by atoms with Gasteiger partial charge in [0.15, 0.2) is 0 Å². The van der Waals surface area contributed by atoms with Crippen LogP contribution in [0.25, 0.3) is 0 Å². The highest BCUT2D eigenvalue weighted by Gasteiger charge is 2.26. The van der Waals surface area contributed by atoms with Crippen molar-refractivity contribution in [2.45, 2.75) is 39.0 Å². The van der Waals surface area contributed by atoms with Crippen LogP contribution in [-0.4, -0.2) is 44.8 Å². The third kappa shape index (κ3) is 4.73. The van der Waals surface area contributed by atoms with Gasteiger partial charge in [-0.3, -0.25) is 4.79 Å². The average Bonchev–Trinajstić information content (AvgIpc) is 3.06. The molecule has 1 aliphatic heterocycles. The predicted molar refractivity (Wildman–Crippen MR) is 103 cm³/mol. The molecule has 8 heteroatoms. The molecule has 1 amide bonds. The Bertz CT molecular complexity index is 712. The Morgan fingerprint density at radius 1 is 1.28 bits per heavy atom. The second kappa shape index (κ2) is 8.98. The summed E-state index contributed by atoms with van der Waals surface area (Å²) in [6, 6.07) is 3.26. The molecule has 0 spiro atoms. The summed E-state index contributed by atoms with van der Waals surface area (Å²) < 4.78 is 26.9. The monoisotopic (exact) mass is 389 g/mol. The minimum atomic E-state index is -3.55. The highest BCUT2D eigenvalue weighted by atomic mass is 35.5. The number of carbonyl (C=O) groups is 1. The topological polar surface area (TPSA) is 78.5 Å². The number of carbonyl (C=O) groups excluding carboxylic acids is 1. The van der Waals surface area contributed by atoms with Crippen molar-refractivity contribution in [2.24, 2.45) is 5.92 Å². The largest absolute Gasteiger partial charge is 0.326 e. The van der Waals surface area contributed by atoms with E-state index < -0.39 is 10.0 Å². The maximum atomic E-state index is 12.8. The molecule has 1 atom stereocenters. The third-order valence-corrected chi connectivity index (χ3v) is 6.70. The Hall–Kier alpha value is -1.15. The molecule has 1 unspecified atom stereocenters. The first-order valence-electron chi connectivity index (χ1n) is 8.44. The number of benzene rings is 1. The van der Waals surface area contributed by atoms with E-state index in [0.717, 1.165) is 24.1 Å². The van der Waals surface area contributed by atoms with Crippen LogP contribution in [0.3, 0.4) is 0 Å². The number of hydrogen-bond donors (Lipinski definition) is 2. The molecule has 1 aromatic carbocycles. The molecular weight excluding hydrogens is 362 g/mol. The number of halogens is 1. The van der Waals surface area contributed by atoms with E-state index in [1.807, 2.05) is 27.7 Å². The van der Waals surface area contributed by atoms with Gasteiger partial charge in [0.1, 0.15) is 0 Å². The summed E-state index contributed by atoms with van der Waals surface area (Å²) in [6.45, 7) is 9.74. The van der Waals surface area contributed by atoms with Crippen LogP contribution < -0.4 is 10.6 Å². The molecule has 1 saturated heterocycles. The highest BCUT2D eigenvalue weighted by Crippen LogP contribution is 2.27. The Labute approximate surface area is 156 Å². The Kier molecular flexibility index (Phi) is 7.87. The summed E-state index contributed by atoms with van der Waals surface area (Å²) in [7, 11) is -3.55. The van der Waals surface area contributed by atoms with E-state index in [1.165, 1.54) is 4.31 Å². The average molecular weight is 390 g/mol. The van der Waals surface area contributed by atoms with E-state index in [2.05, 4.69) is 10.6 Å². The fraction of sp³-hybridized carbons (Fsp3) is 0.588. The summed E-state index contributed by atoms with van der Waals surface area (Å²) in [5.74, 6) is -0.118. The minimum absolute atomic E-state index is 0. The number of anilines is 1. The number of sulfonamides is 1. The molecule has 2 N–H and O–H groups in total. The Balaban J connectivity index is 0.00000312. The summed E-state index contributed by atoms with van der Waals surface area (Å²) in [6.07, 6.45) is 0.807. The molecule has 0 aromatic heterocycles. The molecule has 0 saturated carbocycles. The molecular formula is C17H28ClN3O3S. The van der Waals surface area contributed by atoms with Crippen molar-refractivity contribution in [2.75, 3.05) is 31.5 Å². The van der Waals surface area contributed by atoms with E-state index >= 15 is 0 Å². The van der Waals surface area contributed by atoms with Gasteiger partial charge in [-0.1, -0.05) is 13.8 Å². The van der Waals surface area contributed by atoms with Crippen LogP contribution in [0, 0.1) is 19.8 Å². The second-order valence-corrected chi connectivity index (χ2v) is 8.12. The molecule has 2 rings (SSSR count). The zero-order valence-electron chi connectivity index (χ0n) is 15.3. The molecule has 1 heterocycles. The SMILES string of the molecule is CCN(CC)S(=O)(=O)c1cc(C)c(C)c(NC(=O)C2CCNC2)c1.Cl. The smallest absolute Gasteiger partial charge is 0.243 e. The number of hydrogen-bond acceptors (Lipinski definition) is 4. The van der Waals surface area contributed by atoms with E-state index in [9.17, 15) is 13.2 Å². The maximum absolute atomic E-state index is 12.8. The van der Waals surface area contributed by atoms with Crippen LogP contribution in [0.2, 0.25) is 0 Å². The Morgan fingerprint density at radius 2 is 1.92 bits per heavy atom. The van der Waals surface area contributed by atoms with E-state index in [0.29, 0.717) is 25.3 Å². The van der Waals surface area contributed by atoms with Gasteiger partial charge in [0.05, 0.1) is 10.8 Å². The molecule has 142 valence electrons. The van der Waals surface area contributed by atoms with Crippen LogP contribution in [0.15, 0.2) is 17.0 Å². The maximum Gasteiger partial charge on any atom is 0.243 e. The van der Waals surface area contributed by atoms with Crippen molar-refractivity contribution in [3.05, 3.63) is 23.3 Å². The molecule has 1 aromatic rings. The van der Waals surface area contributed by atoms with Gasteiger partial charge < -0.3 is 10.6 Å². The number of nitrogens with zero attached hydrogens (tertiary/aromatic N) is 1. The lowest BCUT2D eigenvalue weighted by atomic mass is 10.1. The van der Waals surface area contributed by atoms with Crippen LogP contribution in [-0.2, 0) is 14.8 Å². The first-order valence-corrected chi connectivity index (χ1v) is 9.88. The number of amides is 1. The number of rotatable bonds is 6. The van der Waals surface area contributed by atoms with Crippen molar-refractivity contribution in [3.63, 3.8) is 0 Å². The second-order valence-electron chi connectivity index (χ2n) is 6.18. The van der Waals surface area contributed by atoms with Crippen LogP contribution >= 0.6 is 12.4 Å². The standard InChI is InChI=1S/C17H27N3O3S.ClH/c1-5-20(6-2)24(22,23)15-9-12(3)13(4)16(10-15)19-17(21)14-7-8-18-11-14;/h9-10,14,18H,5-8,11H2,1-4H3,(H,19,21);1H. The molecule has 0 bridgehead atoms. The van der Waals surface area contributed by atoms with Gasteiger partial charge in [0.25, 0.3) is 0 Å². The van der Waals surface area contributed by atoms with Crippen LogP contribution in [0.4, 0.5) is 5.69 Å². The molecule has 1 aliphatic rings. The van der Waals surface area contributed by atoms with E-state index in [1.54, 1.807) is 12.1 Å². The lowest BCUT2D eigenvalue weighted by Gasteiger charge is -2.21. The highest BCUT2D eigenvalue weighted by molar-refractivity contribution is 7.89. The normalized spacial score (nSPS) is 17.4. The summed E-state index contributed by atoms with van der Waals surface area (Å²) in [5, 5.41) is 6.09. The van der Waals surface area contributed by atoms with Crippen LogP contribution in [0.1, 0.15) is 31.4 Å². The summed E-state index contributed by atoms with van der Waals surface area (Å²) in [4.78, 5) is 12.6. The fourth-order valence-corrected chi connectivity index (χ4v) is 4.50. The quantitative estimate of drug-likeness (QED) is 0.782. The third-order valence-electron chi connectivity index (χ3n) is 4.67. The van der Waals surface area contributed by atoms with E-state index in [-0.39, 0.29) is 29.1 Å². The van der Waals surface area contributed by atoms with Crippen molar-refractivity contribution in [3.8, 4) is 0 Å². The fourth-order valence-electron chi connectivity index (χ4n) is 2.93. The molecule has 0 radical (unpaired) electrons. The number of nitrogens with one attached hydrogen (secondary N) is 2. The van der Waals surface area contributed by atoms with Gasteiger partial charge in [-0.15, -0.1) is 12.4 Å². The summed E-state index contributed by atoms with van der Waals surface area (Å²) >= 11 is 0. The van der Waals surface area contributed by atoms with Gasteiger partial charge in [0.2, 0.25) is 15.9 Å². The molecule has 1 fully saturated rings. The van der Waals surface area contributed by atoms with Gasteiger partial charge in [-0.05, 0) is 50.1 Å². The first-order chi connectivity index (χ1) is 11.3. The van der Waals surface area contributed by atoms with Gasteiger partial charge in [-0.2, -0.15) is 4.31 Å². The van der Waals surface area contributed by atoms with Gasteiger partial charge in [0, 0.05) is 25.3 Å². The zero-order valence-corrected chi connectivity index (χ0v) is 16.9. The zero-order chi connectivity index (χ0) is 17.9. The van der Waals surface area contributed by atoms with Crippen molar-refractivity contribution in [1.82, 2.24) is 9.62 Å².